The molecule has 0 bridgehead atoms. The molecule has 5 heteroatoms. The van der Waals surface area contributed by atoms with Crippen LogP contribution in [-0.2, 0) is 6.42 Å². The number of imidazole rings is 1. The van der Waals surface area contributed by atoms with Gasteiger partial charge in [0.2, 0.25) is 0 Å². The third kappa shape index (κ3) is 4.01. The van der Waals surface area contributed by atoms with E-state index in [-0.39, 0.29) is 11.9 Å². The van der Waals surface area contributed by atoms with Crippen molar-refractivity contribution in [2.24, 2.45) is 0 Å². The highest BCUT2D eigenvalue weighted by molar-refractivity contribution is 14.1. The lowest BCUT2D eigenvalue weighted by Gasteiger charge is -2.19. The van der Waals surface area contributed by atoms with E-state index in [1.165, 1.54) is 6.07 Å². The normalized spacial score (nSPS) is 12.6. The molecule has 1 aromatic heterocycles. The lowest BCUT2D eigenvalue weighted by Crippen LogP contribution is -2.25. The smallest absolute Gasteiger partial charge is 0.124 e. The first-order chi connectivity index (χ1) is 9.20. The summed E-state index contributed by atoms with van der Waals surface area (Å²) in [4.78, 5) is 7.38. The Labute approximate surface area is 126 Å². The molecule has 0 amide bonds. The first-order valence-corrected chi connectivity index (χ1v) is 7.45. The standard InChI is InChI=1S/C14H17FIN3/c1-2-5-17-13(9-14-18-6-7-19-14)11-4-3-10(15)8-12(11)16/h3-4,6-8,13,17H,2,5,9H2,1H3,(H,18,19). The third-order valence-electron chi connectivity index (χ3n) is 2.93. The molecule has 0 saturated carbocycles. The second-order valence-electron chi connectivity index (χ2n) is 4.41. The van der Waals surface area contributed by atoms with E-state index in [0.717, 1.165) is 34.3 Å². The van der Waals surface area contributed by atoms with Crippen LogP contribution in [0.3, 0.4) is 0 Å². The second kappa shape index (κ2) is 7.00. The number of hydrogen-bond donors (Lipinski definition) is 2. The van der Waals surface area contributed by atoms with Crippen molar-refractivity contribution in [2.75, 3.05) is 6.54 Å². The maximum atomic E-state index is 13.2. The summed E-state index contributed by atoms with van der Waals surface area (Å²) in [6.45, 7) is 3.06. The van der Waals surface area contributed by atoms with E-state index in [1.807, 2.05) is 12.3 Å². The molecule has 19 heavy (non-hydrogen) atoms. The molecule has 1 unspecified atom stereocenters. The summed E-state index contributed by atoms with van der Waals surface area (Å²) in [5.41, 5.74) is 1.12. The van der Waals surface area contributed by atoms with Crippen LogP contribution in [0, 0.1) is 9.39 Å². The van der Waals surface area contributed by atoms with E-state index < -0.39 is 0 Å². The van der Waals surface area contributed by atoms with Gasteiger partial charge in [-0.3, -0.25) is 0 Å². The summed E-state index contributed by atoms with van der Waals surface area (Å²) in [6, 6.07) is 5.09. The van der Waals surface area contributed by atoms with Gasteiger partial charge in [-0.05, 0) is 53.3 Å². The van der Waals surface area contributed by atoms with Gasteiger partial charge < -0.3 is 10.3 Å². The van der Waals surface area contributed by atoms with Gasteiger partial charge in [0.25, 0.3) is 0 Å². The number of benzene rings is 1. The van der Waals surface area contributed by atoms with Gasteiger partial charge >= 0.3 is 0 Å². The molecule has 0 radical (unpaired) electrons. The van der Waals surface area contributed by atoms with Crippen molar-refractivity contribution in [2.45, 2.75) is 25.8 Å². The van der Waals surface area contributed by atoms with Crippen LogP contribution in [0.15, 0.2) is 30.6 Å². The van der Waals surface area contributed by atoms with E-state index in [9.17, 15) is 4.39 Å². The van der Waals surface area contributed by atoms with Gasteiger partial charge in [-0.15, -0.1) is 0 Å². The zero-order chi connectivity index (χ0) is 13.7. The molecular weight excluding hydrogens is 356 g/mol. The van der Waals surface area contributed by atoms with E-state index >= 15 is 0 Å². The fraction of sp³-hybridized carbons (Fsp3) is 0.357. The quantitative estimate of drug-likeness (QED) is 0.762. The highest BCUT2D eigenvalue weighted by atomic mass is 127. The Kier molecular flexibility index (Phi) is 5.33. The average Bonchev–Trinajstić information content (AvgIpc) is 2.88. The summed E-state index contributed by atoms with van der Waals surface area (Å²) in [5.74, 6) is 0.745. The number of aromatic amines is 1. The molecule has 1 heterocycles. The van der Waals surface area contributed by atoms with E-state index in [1.54, 1.807) is 12.3 Å². The summed E-state index contributed by atoms with van der Waals surface area (Å²) in [5, 5.41) is 3.50. The third-order valence-corrected chi connectivity index (χ3v) is 3.87. The number of nitrogens with zero attached hydrogens (tertiary/aromatic N) is 1. The van der Waals surface area contributed by atoms with Crippen LogP contribution >= 0.6 is 22.6 Å². The Balaban J connectivity index is 2.20. The molecule has 3 nitrogen and oxygen atoms in total. The van der Waals surface area contributed by atoms with Crippen LogP contribution in [-0.4, -0.2) is 16.5 Å². The Bertz CT molecular complexity index is 513. The van der Waals surface area contributed by atoms with Crippen molar-refractivity contribution in [3.63, 3.8) is 0 Å². The molecule has 2 aromatic rings. The fourth-order valence-electron chi connectivity index (χ4n) is 2.00. The molecule has 0 aliphatic rings. The molecule has 1 atom stereocenters. The number of aromatic nitrogens is 2. The number of hydrogen-bond acceptors (Lipinski definition) is 2. The number of rotatable bonds is 6. The van der Waals surface area contributed by atoms with Gasteiger partial charge in [-0.2, -0.15) is 0 Å². The molecular formula is C14H17FIN3. The first kappa shape index (κ1) is 14.5. The monoisotopic (exact) mass is 373 g/mol. The maximum Gasteiger partial charge on any atom is 0.124 e. The van der Waals surface area contributed by atoms with E-state index in [0.29, 0.717) is 0 Å². The number of nitrogens with one attached hydrogen (secondary N) is 2. The highest BCUT2D eigenvalue weighted by Gasteiger charge is 2.16. The van der Waals surface area contributed by atoms with Crippen LogP contribution in [0.5, 0.6) is 0 Å². The minimum absolute atomic E-state index is 0.151. The van der Waals surface area contributed by atoms with Gasteiger partial charge in [0.1, 0.15) is 11.6 Å². The summed E-state index contributed by atoms with van der Waals surface area (Å²) >= 11 is 2.18. The molecule has 0 saturated heterocycles. The van der Waals surface area contributed by atoms with Crippen LogP contribution in [0.4, 0.5) is 4.39 Å². The number of H-pyrrole nitrogens is 1. The van der Waals surface area contributed by atoms with Crippen molar-refractivity contribution in [3.05, 3.63) is 51.4 Å². The minimum Gasteiger partial charge on any atom is -0.349 e. The van der Waals surface area contributed by atoms with Gasteiger partial charge in [0.15, 0.2) is 0 Å². The lowest BCUT2D eigenvalue weighted by atomic mass is 10.0. The molecule has 102 valence electrons. The van der Waals surface area contributed by atoms with Crippen molar-refractivity contribution in [3.8, 4) is 0 Å². The highest BCUT2D eigenvalue weighted by Crippen LogP contribution is 2.23. The van der Waals surface area contributed by atoms with Crippen molar-refractivity contribution in [1.29, 1.82) is 0 Å². The SMILES string of the molecule is CCCNC(Cc1ncc[nH]1)c1ccc(F)cc1I. The topological polar surface area (TPSA) is 40.7 Å². The molecule has 1 aromatic carbocycles. The zero-order valence-corrected chi connectivity index (χ0v) is 12.9. The summed E-state index contributed by atoms with van der Waals surface area (Å²) < 4.78 is 14.1. The predicted octanol–water partition coefficient (Wildman–Crippen LogP) is 3.44. The largest absolute Gasteiger partial charge is 0.349 e. The maximum absolute atomic E-state index is 13.2. The first-order valence-electron chi connectivity index (χ1n) is 6.37. The Morgan fingerprint density at radius 3 is 2.95 bits per heavy atom. The van der Waals surface area contributed by atoms with E-state index in [2.05, 4.69) is 44.8 Å². The van der Waals surface area contributed by atoms with Crippen molar-refractivity contribution in [1.82, 2.24) is 15.3 Å². The van der Waals surface area contributed by atoms with Gasteiger partial charge in [0, 0.05) is 28.4 Å². The Morgan fingerprint density at radius 1 is 1.47 bits per heavy atom. The predicted molar refractivity (Wildman–Crippen MR) is 82.4 cm³/mol. The molecule has 0 aliphatic heterocycles. The molecule has 0 fully saturated rings. The second-order valence-corrected chi connectivity index (χ2v) is 5.57. The Morgan fingerprint density at radius 2 is 2.32 bits per heavy atom. The fourth-order valence-corrected chi connectivity index (χ4v) is 2.85. The van der Waals surface area contributed by atoms with Crippen LogP contribution in [0.1, 0.15) is 30.8 Å². The Hall–Kier alpha value is -0.950. The van der Waals surface area contributed by atoms with Crippen molar-refractivity contribution < 1.29 is 4.39 Å². The molecule has 0 aliphatic carbocycles. The lowest BCUT2D eigenvalue weighted by molar-refractivity contribution is 0.517. The number of halogens is 2. The molecule has 0 spiro atoms. The van der Waals surface area contributed by atoms with Crippen LogP contribution in [0.25, 0.3) is 0 Å². The van der Waals surface area contributed by atoms with Crippen LogP contribution in [0.2, 0.25) is 0 Å². The average molecular weight is 373 g/mol. The van der Waals surface area contributed by atoms with Gasteiger partial charge in [0.05, 0.1) is 0 Å². The molecule has 2 N–H and O–H groups in total. The zero-order valence-electron chi connectivity index (χ0n) is 10.8. The van der Waals surface area contributed by atoms with Gasteiger partial charge in [-0.25, -0.2) is 9.37 Å². The summed E-state index contributed by atoms with van der Waals surface area (Å²) in [7, 11) is 0. The van der Waals surface area contributed by atoms with Crippen molar-refractivity contribution >= 4 is 22.6 Å². The van der Waals surface area contributed by atoms with E-state index in [4.69, 9.17) is 0 Å². The summed E-state index contributed by atoms with van der Waals surface area (Å²) in [6.07, 6.45) is 5.41. The van der Waals surface area contributed by atoms with Gasteiger partial charge in [-0.1, -0.05) is 13.0 Å². The van der Waals surface area contributed by atoms with Crippen LogP contribution < -0.4 is 5.32 Å². The molecule has 2 rings (SSSR count). The minimum atomic E-state index is -0.194.